The molecule has 0 amide bonds. The predicted molar refractivity (Wildman–Crippen MR) is 145 cm³/mol. The van der Waals surface area contributed by atoms with Crippen LogP contribution in [-0.4, -0.2) is 5.11 Å². The minimum Gasteiger partial charge on any atom is -0.508 e. The highest BCUT2D eigenvalue weighted by molar-refractivity contribution is 5.74. The van der Waals surface area contributed by atoms with E-state index in [-0.39, 0.29) is 29.0 Å². The number of hydrogen-bond acceptors (Lipinski definition) is 1. The van der Waals surface area contributed by atoms with E-state index in [1.807, 2.05) is 13.8 Å². The van der Waals surface area contributed by atoms with Crippen LogP contribution < -0.4 is 0 Å². The smallest absolute Gasteiger partial charge is 0.304 e. The summed E-state index contributed by atoms with van der Waals surface area (Å²) in [5, 5.41) is 9.41. The highest BCUT2D eigenvalue weighted by Gasteiger charge is 2.41. The number of aromatic hydroxyl groups is 1. The Kier molecular flexibility index (Phi) is 8.89. The van der Waals surface area contributed by atoms with Gasteiger partial charge in [0.2, 0.25) is 0 Å². The van der Waals surface area contributed by atoms with Crippen molar-refractivity contribution in [3.63, 3.8) is 0 Å². The van der Waals surface area contributed by atoms with Crippen LogP contribution in [0, 0.1) is 40.7 Å². The molecule has 0 fully saturated rings. The molecule has 5 rings (SSSR count). The van der Waals surface area contributed by atoms with Gasteiger partial charge in [0.1, 0.15) is 29.0 Å². The Hall–Kier alpha value is -4.73. The molecule has 0 aliphatic rings. The van der Waals surface area contributed by atoms with Crippen molar-refractivity contribution in [2.45, 2.75) is 19.8 Å². The normalized spacial score (nSPS) is 11.2. The van der Waals surface area contributed by atoms with Crippen molar-refractivity contribution in [3.8, 4) is 39.1 Å². The lowest BCUT2D eigenvalue weighted by molar-refractivity contribution is 0.0339. The van der Waals surface area contributed by atoms with Crippen LogP contribution in [0.5, 0.6) is 5.75 Å². The molecular weight excluding hydrogens is 583 g/mol. The highest BCUT2D eigenvalue weighted by atomic mass is 19.3. The summed E-state index contributed by atoms with van der Waals surface area (Å²) in [6, 6.07) is 14.1. The van der Waals surface area contributed by atoms with E-state index in [2.05, 4.69) is 0 Å². The molecule has 222 valence electrons. The zero-order chi connectivity index (χ0) is 31.6. The molecule has 0 radical (unpaired) electrons. The van der Waals surface area contributed by atoms with Gasteiger partial charge in [0.05, 0.1) is 5.56 Å². The Morgan fingerprint density at radius 3 is 1.40 bits per heavy atom. The highest BCUT2D eigenvalue weighted by Crippen LogP contribution is 2.41. The summed E-state index contributed by atoms with van der Waals surface area (Å²) in [6.07, 6.45) is 0. The summed E-state index contributed by atoms with van der Waals surface area (Å²) in [5.41, 5.74) is -3.12. The summed E-state index contributed by atoms with van der Waals surface area (Å²) < 4.78 is 130. The molecule has 5 aromatic carbocycles. The largest absolute Gasteiger partial charge is 0.508 e. The number of phenols is 1. The number of halogens is 9. The first-order valence-corrected chi connectivity index (χ1v) is 12.8. The lowest BCUT2D eigenvalue weighted by Crippen LogP contribution is -2.20. The second kappa shape index (κ2) is 12.2. The fourth-order valence-corrected chi connectivity index (χ4v) is 4.41. The molecule has 0 bridgehead atoms. The van der Waals surface area contributed by atoms with Gasteiger partial charge in [-0.05, 0) is 70.8 Å². The molecule has 0 unspecified atom stereocenters. The molecule has 10 heteroatoms. The van der Waals surface area contributed by atoms with Crippen LogP contribution in [0.15, 0.2) is 84.9 Å². The third-order valence-electron chi connectivity index (χ3n) is 6.46. The number of rotatable bonds is 5. The maximum absolute atomic E-state index is 15.1. The molecule has 0 aliphatic carbocycles. The number of alkyl halides is 2. The zero-order valence-corrected chi connectivity index (χ0v) is 22.4. The zero-order valence-electron chi connectivity index (χ0n) is 22.4. The Labute approximate surface area is 240 Å². The first kappa shape index (κ1) is 31.2. The summed E-state index contributed by atoms with van der Waals surface area (Å²) in [6.45, 7) is 4.00. The quantitative estimate of drug-likeness (QED) is 0.156. The first-order valence-electron chi connectivity index (χ1n) is 12.8. The topological polar surface area (TPSA) is 20.2 Å². The molecular formula is C33H21F9O. The van der Waals surface area contributed by atoms with Gasteiger partial charge in [-0.2, -0.15) is 8.78 Å². The van der Waals surface area contributed by atoms with Gasteiger partial charge >= 0.3 is 5.92 Å². The monoisotopic (exact) mass is 604 g/mol. The Bertz CT molecular complexity index is 1750. The Balaban J connectivity index is 0.00000207. The van der Waals surface area contributed by atoms with E-state index in [4.69, 9.17) is 0 Å². The fourth-order valence-electron chi connectivity index (χ4n) is 4.41. The van der Waals surface area contributed by atoms with E-state index in [1.54, 1.807) is 18.2 Å². The molecule has 5 aromatic rings. The van der Waals surface area contributed by atoms with Crippen LogP contribution in [0.25, 0.3) is 33.4 Å². The third-order valence-corrected chi connectivity index (χ3v) is 6.46. The average Bonchev–Trinajstić information content (AvgIpc) is 2.96. The molecule has 0 atom stereocenters. The van der Waals surface area contributed by atoms with E-state index in [0.717, 1.165) is 12.1 Å². The van der Waals surface area contributed by atoms with E-state index >= 15 is 4.39 Å². The van der Waals surface area contributed by atoms with E-state index in [0.29, 0.717) is 23.3 Å². The van der Waals surface area contributed by atoms with Crippen LogP contribution in [0.2, 0.25) is 0 Å². The maximum Gasteiger partial charge on any atom is 0.304 e. The van der Waals surface area contributed by atoms with Crippen LogP contribution in [0.3, 0.4) is 0 Å². The number of phenolic OH excluding ortho intramolecular Hbond substituents is 1. The second-order valence-electron chi connectivity index (χ2n) is 9.08. The lowest BCUT2D eigenvalue weighted by Gasteiger charge is -2.20. The summed E-state index contributed by atoms with van der Waals surface area (Å²) in [7, 11) is 0. The number of benzene rings is 5. The van der Waals surface area contributed by atoms with Gasteiger partial charge in [0, 0.05) is 16.7 Å². The van der Waals surface area contributed by atoms with E-state index in [1.165, 1.54) is 30.3 Å². The molecule has 43 heavy (non-hydrogen) atoms. The molecule has 0 spiro atoms. The molecule has 0 saturated heterocycles. The van der Waals surface area contributed by atoms with Crippen molar-refractivity contribution < 1.29 is 44.6 Å². The second-order valence-corrected chi connectivity index (χ2v) is 9.08. The predicted octanol–water partition coefficient (Wildman–Crippen LogP) is 10.5. The van der Waals surface area contributed by atoms with Crippen molar-refractivity contribution >= 4 is 0 Å². The van der Waals surface area contributed by atoms with E-state index in [9.17, 15) is 40.2 Å². The molecule has 1 nitrogen and oxygen atoms in total. The van der Waals surface area contributed by atoms with E-state index < -0.39 is 68.9 Å². The Morgan fingerprint density at radius 1 is 0.465 bits per heavy atom. The minimum absolute atomic E-state index is 0.00379. The van der Waals surface area contributed by atoms with Crippen LogP contribution in [-0.2, 0) is 5.92 Å². The van der Waals surface area contributed by atoms with Crippen molar-refractivity contribution in [1.82, 2.24) is 0 Å². The number of hydrogen-bond donors (Lipinski definition) is 1. The molecule has 0 heterocycles. The minimum atomic E-state index is -4.62. The van der Waals surface area contributed by atoms with Gasteiger partial charge in [-0.15, -0.1) is 0 Å². The third kappa shape index (κ3) is 6.09. The molecule has 0 aromatic heterocycles. The maximum atomic E-state index is 15.1. The molecule has 1 N–H and O–H groups in total. The lowest BCUT2D eigenvalue weighted by atomic mass is 9.94. The van der Waals surface area contributed by atoms with Gasteiger partial charge in [0.25, 0.3) is 0 Å². The SMILES string of the molecule is CC.Oc1ccc(-c2ccc(-c3ccc(-c4cc(F)c(C(F)(F)c5cc(F)c(F)c(F)c5)c(F)c4)c(F)c3)c(F)c2)cc1. The van der Waals surface area contributed by atoms with Gasteiger partial charge < -0.3 is 5.11 Å². The molecule has 0 aliphatic heterocycles. The standard InChI is InChI=1S/C31H15F9O.C2H6/c32-23-9-16(15-1-5-20(41)6-2-15)3-7-21(23)17-4-8-22(24(33)10-17)18-11-25(34)29(26(35)12-18)31(39,40)19-13-27(36)30(38)28(37)14-19;1-2/h1-14,41H;1-2H3. The fraction of sp³-hybridized carbons (Fsp3) is 0.0909. The summed E-state index contributed by atoms with van der Waals surface area (Å²) in [5.74, 6) is -16.0. The van der Waals surface area contributed by atoms with Gasteiger partial charge in [0.15, 0.2) is 17.5 Å². The van der Waals surface area contributed by atoms with Crippen molar-refractivity contribution in [2.75, 3.05) is 0 Å². The summed E-state index contributed by atoms with van der Waals surface area (Å²) in [4.78, 5) is 0. The average molecular weight is 605 g/mol. The molecule has 0 saturated carbocycles. The van der Waals surface area contributed by atoms with Crippen molar-refractivity contribution in [3.05, 3.63) is 137 Å². The Morgan fingerprint density at radius 2 is 0.884 bits per heavy atom. The summed E-state index contributed by atoms with van der Waals surface area (Å²) >= 11 is 0. The van der Waals surface area contributed by atoms with Crippen molar-refractivity contribution in [1.29, 1.82) is 0 Å². The van der Waals surface area contributed by atoms with Gasteiger partial charge in [-0.3, -0.25) is 0 Å². The van der Waals surface area contributed by atoms with Gasteiger partial charge in [-0.1, -0.05) is 50.2 Å². The van der Waals surface area contributed by atoms with Crippen molar-refractivity contribution in [2.24, 2.45) is 0 Å². The van der Waals surface area contributed by atoms with Crippen LogP contribution >= 0.6 is 0 Å². The van der Waals surface area contributed by atoms with Gasteiger partial charge in [-0.25, -0.2) is 30.7 Å². The van der Waals surface area contributed by atoms with Crippen LogP contribution in [0.1, 0.15) is 25.0 Å². The van der Waals surface area contributed by atoms with Crippen LogP contribution in [0.4, 0.5) is 39.5 Å². The first-order chi connectivity index (χ1) is 20.4.